The Bertz CT molecular complexity index is 668. The van der Waals surface area contributed by atoms with Gasteiger partial charge in [0.25, 0.3) is 0 Å². The van der Waals surface area contributed by atoms with Gasteiger partial charge in [-0.3, -0.25) is 4.90 Å². The van der Waals surface area contributed by atoms with Gasteiger partial charge in [-0.05, 0) is 35.4 Å². The molecule has 2 aromatic carbocycles. The number of benzene rings is 2. The molecule has 1 N–H and O–H groups in total. The third-order valence-electron chi connectivity index (χ3n) is 4.28. The number of rotatable bonds is 6. The second-order valence-corrected chi connectivity index (χ2v) is 6.08. The third kappa shape index (κ3) is 4.82. The molecule has 1 heterocycles. The zero-order valence-corrected chi connectivity index (χ0v) is 13.9. The van der Waals surface area contributed by atoms with Crippen LogP contribution in [0.4, 0.5) is 0 Å². The lowest BCUT2D eigenvalue weighted by atomic mass is 10.1. The summed E-state index contributed by atoms with van der Waals surface area (Å²) in [6, 6.07) is 18.2. The van der Waals surface area contributed by atoms with E-state index in [0.717, 1.165) is 44.9 Å². The highest BCUT2D eigenvalue weighted by Gasteiger charge is 2.09. The average molecular weight is 321 g/mol. The third-order valence-corrected chi connectivity index (χ3v) is 4.28. The van der Waals surface area contributed by atoms with Crippen molar-refractivity contribution in [3.63, 3.8) is 0 Å². The van der Waals surface area contributed by atoms with Crippen molar-refractivity contribution >= 4 is 0 Å². The van der Waals surface area contributed by atoms with Gasteiger partial charge in [0, 0.05) is 39.1 Å². The first-order chi connectivity index (χ1) is 11.8. The van der Waals surface area contributed by atoms with Gasteiger partial charge in [0.2, 0.25) is 0 Å². The van der Waals surface area contributed by atoms with E-state index in [-0.39, 0.29) is 0 Å². The summed E-state index contributed by atoms with van der Waals surface area (Å²) >= 11 is 0. The fourth-order valence-electron chi connectivity index (χ4n) is 2.85. The highest BCUT2D eigenvalue weighted by molar-refractivity contribution is 5.34. The molecular formula is C20H23N3O. The monoisotopic (exact) mass is 321 g/mol. The van der Waals surface area contributed by atoms with Crippen LogP contribution in [0.1, 0.15) is 16.7 Å². The van der Waals surface area contributed by atoms with Crippen LogP contribution in [0.25, 0.3) is 0 Å². The zero-order valence-electron chi connectivity index (χ0n) is 13.9. The zero-order chi connectivity index (χ0) is 16.6. The van der Waals surface area contributed by atoms with Crippen molar-refractivity contribution in [3.05, 3.63) is 65.2 Å². The van der Waals surface area contributed by atoms with Gasteiger partial charge < -0.3 is 10.1 Å². The van der Waals surface area contributed by atoms with Gasteiger partial charge in [0.05, 0.1) is 18.2 Å². The number of hydrogen-bond acceptors (Lipinski definition) is 4. The summed E-state index contributed by atoms with van der Waals surface area (Å²) in [5, 5.41) is 12.2. The van der Waals surface area contributed by atoms with Crippen molar-refractivity contribution in [1.29, 1.82) is 5.26 Å². The first-order valence-electron chi connectivity index (χ1n) is 8.47. The smallest absolute Gasteiger partial charge is 0.119 e. The predicted octanol–water partition coefficient (Wildman–Crippen LogP) is 2.58. The Morgan fingerprint density at radius 3 is 2.29 bits per heavy atom. The summed E-state index contributed by atoms with van der Waals surface area (Å²) in [6.07, 6.45) is 0.883. The second kappa shape index (κ2) is 8.49. The molecule has 0 saturated carbocycles. The van der Waals surface area contributed by atoms with Crippen LogP contribution in [0.5, 0.6) is 5.75 Å². The van der Waals surface area contributed by atoms with E-state index in [2.05, 4.69) is 40.6 Å². The number of nitrogens with zero attached hydrogens (tertiary/aromatic N) is 2. The number of piperazine rings is 1. The van der Waals surface area contributed by atoms with Crippen molar-refractivity contribution in [1.82, 2.24) is 10.2 Å². The standard InChI is InChI=1S/C20H23N3O/c21-15-18-5-7-20(8-6-18)24-14-9-17-1-3-19(4-2-17)16-23-12-10-22-11-13-23/h1-8,22H,9-14,16H2. The lowest BCUT2D eigenvalue weighted by molar-refractivity contribution is 0.233. The molecule has 0 radical (unpaired) electrons. The molecule has 0 aromatic heterocycles. The van der Waals surface area contributed by atoms with E-state index >= 15 is 0 Å². The molecule has 0 bridgehead atoms. The quantitative estimate of drug-likeness (QED) is 0.888. The van der Waals surface area contributed by atoms with Crippen LogP contribution in [-0.2, 0) is 13.0 Å². The van der Waals surface area contributed by atoms with Crippen LogP contribution in [0.3, 0.4) is 0 Å². The molecule has 24 heavy (non-hydrogen) atoms. The molecule has 0 spiro atoms. The number of nitriles is 1. The summed E-state index contributed by atoms with van der Waals surface area (Å²) in [5.41, 5.74) is 3.31. The Morgan fingerprint density at radius 2 is 1.62 bits per heavy atom. The van der Waals surface area contributed by atoms with Gasteiger partial charge in [-0.25, -0.2) is 0 Å². The first kappa shape index (κ1) is 16.5. The number of ether oxygens (including phenoxy) is 1. The molecular weight excluding hydrogens is 298 g/mol. The van der Waals surface area contributed by atoms with Gasteiger partial charge in [-0.1, -0.05) is 24.3 Å². The molecule has 124 valence electrons. The number of hydrogen-bond donors (Lipinski definition) is 1. The molecule has 0 atom stereocenters. The number of nitrogens with one attached hydrogen (secondary N) is 1. The van der Waals surface area contributed by atoms with Crippen molar-refractivity contribution < 1.29 is 4.74 Å². The van der Waals surface area contributed by atoms with Crippen LogP contribution in [-0.4, -0.2) is 37.7 Å². The Hall–Kier alpha value is -2.35. The molecule has 1 aliphatic rings. The first-order valence-corrected chi connectivity index (χ1v) is 8.47. The summed E-state index contributed by atoms with van der Waals surface area (Å²) < 4.78 is 5.74. The summed E-state index contributed by atoms with van der Waals surface area (Å²) in [6.45, 7) is 6.10. The maximum atomic E-state index is 8.78. The van der Waals surface area contributed by atoms with Crippen LogP contribution >= 0.6 is 0 Å². The highest BCUT2D eigenvalue weighted by Crippen LogP contribution is 2.13. The van der Waals surface area contributed by atoms with Gasteiger partial charge in [-0.2, -0.15) is 5.26 Å². The maximum absolute atomic E-state index is 8.78. The topological polar surface area (TPSA) is 48.3 Å². The lowest BCUT2D eigenvalue weighted by Gasteiger charge is -2.27. The fraction of sp³-hybridized carbons (Fsp3) is 0.350. The van der Waals surface area contributed by atoms with Crippen LogP contribution in [0.15, 0.2) is 48.5 Å². The lowest BCUT2D eigenvalue weighted by Crippen LogP contribution is -2.42. The van der Waals surface area contributed by atoms with Crippen molar-refractivity contribution in [2.75, 3.05) is 32.8 Å². The molecule has 1 aliphatic heterocycles. The molecule has 4 heteroatoms. The van der Waals surface area contributed by atoms with Gasteiger partial charge in [-0.15, -0.1) is 0 Å². The SMILES string of the molecule is N#Cc1ccc(OCCc2ccc(CN3CCNCC3)cc2)cc1. The summed E-state index contributed by atoms with van der Waals surface area (Å²) in [4.78, 5) is 2.49. The minimum Gasteiger partial charge on any atom is -0.493 e. The van der Waals surface area contributed by atoms with Crippen LogP contribution < -0.4 is 10.1 Å². The van der Waals surface area contributed by atoms with E-state index in [1.807, 2.05) is 12.1 Å². The minimum atomic E-state index is 0.642. The second-order valence-electron chi connectivity index (χ2n) is 6.08. The van der Waals surface area contributed by atoms with E-state index in [9.17, 15) is 0 Å². The molecule has 4 nitrogen and oxygen atoms in total. The van der Waals surface area contributed by atoms with Crippen LogP contribution in [0, 0.1) is 11.3 Å². The van der Waals surface area contributed by atoms with E-state index in [1.54, 1.807) is 12.1 Å². The van der Waals surface area contributed by atoms with E-state index < -0.39 is 0 Å². The van der Waals surface area contributed by atoms with Gasteiger partial charge in [0.15, 0.2) is 0 Å². The summed E-state index contributed by atoms with van der Waals surface area (Å²) in [7, 11) is 0. The average Bonchev–Trinajstić information content (AvgIpc) is 2.65. The molecule has 3 rings (SSSR count). The van der Waals surface area contributed by atoms with Crippen LogP contribution in [0.2, 0.25) is 0 Å². The van der Waals surface area contributed by atoms with Crippen molar-refractivity contribution in [2.45, 2.75) is 13.0 Å². The molecule has 0 aliphatic carbocycles. The summed E-state index contributed by atoms with van der Waals surface area (Å²) in [5.74, 6) is 0.810. The largest absolute Gasteiger partial charge is 0.493 e. The normalized spacial score (nSPS) is 15.0. The van der Waals surface area contributed by atoms with Crippen molar-refractivity contribution in [2.24, 2.45) is 0 Å². The molecule has 2 aromatic rings. The maximum Gasteiger partial charge on any atom is 0.119 e. The predicted molar refractivity (Wildman–Crippen MR) is 94.9 cm³/mol. The van der Waals surface area contributed by atoms with Gasteiger partial charge in [0.1, 0.15) is 5.75 Å². The Kier molecular flexibility index (Phi) is 5.84. The highest BCUT2D eigenvalue weighted by atomic mass is 16.5. The molecule has 1 fully saturated rings. The van der Waals surface area contributed by atoms with Crippen molar-refractivity contribution in [3.8, 4) is 11.8 Å². The Labute approximate surface area is 143 Å². The van der Waals surface area contributed by atoms with E-state index in [0.29, 0.717) is 12.2 Å². The molecule has 1 saturated heterocycles. The molecule has 0 amide bonds. The minimum absolute atomic E-state index is 0.642. The van der Waals surface area contributed by atoms with E-state index in [4.69, 9.17) is 10.00 Å². The van der Waals surface area contributed by atoms with Gasteiger partial charge >= 0.3 is 0 Å². The Balaban J connectivity index is 1.44. The van der Waals surface area contributed by atoms with E-state index in [1.165, 1.54) is 11.1 Å². The Morgan fingerprint density at radius 1 is 0.958 bits per heavy atom. The molecule has 0 unspecified atom stereocenters. The fourth-order valence-corrected chi connectivity index (χ4v) is 2.85.